The van der Waals surface area contributed by atoms with E-state index in [9.17, 15) is 14.4 Å². The van der Waals surface area contributed by atoms with Gasteiger partial charge in [0.15, 0.2) is 0 Å². The molecular weight excluding hydrogens is 350 g/mol. The number of aromatic amines is 1. The molecule has 0 radical (unpaired) electrons. The lowest BCUT2D eigenvalue weighted by Gasteiger charge is -2.14. The molecule has 0 unspecified atom stereocenters. The fraction of sp³-hybridized carbons (Fsp3) is 0.211. The maximum absolute atomic E-state index is 12.3. The maximum Gasteiger partial charge on any atom is 0.305 e. The van der Waals surface area contributed by atoms with Crippen LogP contribution >= 0.6 is 11.3 Å². The van der Waals surface area contributed by atoms with Gasteiger partial charge in [-0.2, -0.15) is 0 Å². The zero-order valence-electron chi connectivity index (χ0n) is 14.0. The minimum absolute atomic E-state index is 0.0500. The highest BCUT2D eigenvalue weighted by Crippen LogP contribution is 2.22. The van der Waals surface area contributed by atoms with Crippen molar-refractivity contribution in [2.75, 3.05) is 19.6 Å². The average molecular weight is 367 g/mol. The second-order valence-electron chi connectivity index (χ2n) is 6.12. The lowest BCUT2D eigenvalue weighted by Crippen LogP contribution is -2.36. The van der Waals surface area contributed by atoms with Gasteiger partial charge in [0.2, 0.25) is 0 Å². The van der Waals surface area contributed by atoms with E-state index in [-0.39, 0.29) is 16.7 Å². The van der Waals surface area contributed by atoms with Crippen molar-refractivity contribution < 1.29 is 9.59 Å². The standard InChI is InChI=1S/C19H17N3O3S/c23-17-13-5-1-2-6-14(13)18(24)22(17)11-10-20-9-8-12-4-3-7-15-16(12)26-19(25)21-15/h1-7,20H,8-11H2,(H,21,25). The number of fused-ring (bicyclic) bond motifs is 2. The van der Waals surface area contributed by atoms with E-state index in [1.54, 1.807) is 24.3 Å². The minimum Gasteiger partial charge on any atom is -0.315 e. The molecule has 6 nitrogen and oxygen atoms in total. The van der Waals surface area contributed by atoms with Gasteiger partial charge in [-0.3, -0.25) is 19.3 Å². The van der Waals surface area contributed by atoms with Gasteiger partial charge in [0.05, 0.1) is 21.3 Å². The summed E-state index contributed by atoms with van der Waals surface area (Å²) in [5, 5.41) is 3.27. The van der Waals surface area contributed by atoms with Crippen LogP contribution in [0.3, 0.4) is 0 Å². The second-order valence-corrected chi connectivity index (χ2v) is 7.10. The summed E-state index contributed by atoms with van der Waals surface area (Å²) in [4.78, 5) is 40.1. The highest BCUT2D eigenvalue weighted by Gasteiger charge is 2.34. The molecule has 4 rings (SSSR count). The van der Waals surface area contributed by atoms with E-state index < -0.39 is 0 Å². The number of imide groups is 1. The second kappa shape index (κ2) is 6.86. The number of hydrogen-bond acceptors (Lipinski definition) is 5. The first-order chi connectivity index (χ1) is 12.6. The fourth-order valence-corrected chi connectivity index (χ4v) is 4.09. The summed E-state index contributed by atoms with van der Waals surface area (Å²) >= 11 is 1.22. The number of thiazole rings is 1. The Morgan fingerprint density at radius 1 is 0.923 bits per heavy atom. The van der Waals surface area contributed by atoms with Gasteiger partial charge in [-0.1, -0.05) is 35.6 Å². The quantitative estimate of drug-likeness (QED) is 0.516. The van der Waals surface area contributed by atoms with Crippen LogP contribution < -0.4 is 10.2 Å². The summed E-state index contributed by atoms with van der Waals surface area (Å²) in [5.41, 5.74) is 2.93. The molecule has 3 aromatic rings. The third-order valence-corrected chi connectivity index (χ3v) is 5.46. The SMILES string of the molecule is O=C1c2ccccc2C(=O)N1CCNCCc1cccc2[nH]c(=O)sc12. The first-order valence-electron chi connectivity index (χ1n) is 8.42. The summed E-state index contributed by atoms with van der Waals surface area (Å²) < 4.78 is 0.986. The summed E-state index contributed by atoms with van der Waals surface area (Å²) in [6.07, 6.45) is 0.771. The number of nitrogens with zero attached hydrogens (tertiary/aromatic N) is 1. The Hall–Kier alpha value is -2.77. The maximum atomic E-state index is 12.3. The molecule has 2 N–H and O–H groups in total. The molecule has 1 aliphatic heterocycles. The number of H-pyrrole nitrogens is 1. The predicted octanol–water partition coefficient (Wildman–Crippen LogP) is 2.02. The summed E-state index contributed by atoms with van der Waals surface area (Å²) in [5.74, 6) is -0.455. The van der Waals surface area contributed by atoms with Crippen molar-refractivity contribution in [1.82, 2.24) is 15.2 Å². The molecule has 0 saturated heterocycles. The first kappa shape index (κ1) is 16.7. The van der Waals surface area contributed by atoms with Crippen molar-refractivity contribution in [3.05, 3.63) is 68.8 Å². The fourth-order valence-electron chi connectivity index (χ4n) is 3.21. The molecule has 7 heteroatoms. The molecule has 2 aromatic carbocycles. The Morgan fingerprint density at radius 3 is 2.38 bits per heavy atom. The van der Waals surface area contributed by atoms with E-state index in [4.69, 9.17) is 0 Å². The van der Waals surface area contributed by atoms with Crippen LogP contribution in [0.15, 0.2) is 47.3 Å². The zero-order chi connectivity index (χ0) is 18.1. The summed E-state index contributed by atoms with van der Waals surface area (Å²) in [7, 11) is 0. The Kier molecular flexibility index (Phi) is 4.40. The molecule has 0 saturated carbocycles. The Labute approximate surface area is 153 Å². The number of benzene rings is 2. The number of nitrogens with one attached hydrogen (secondary N) is 2. The van der Waals surface area contributed by atoms with Gasteiger partial charge in [-0.25, -0.2) is 0 Å². The zero-order valence-corrected chi connectivity index (χ0v) is 14.8. The molecule has 26 heavy (non-hydrogen) atoms. The van der Waals surface area contributed by atoms with E-state index in [0.29, 0.717) is 30.8 Å². The van der Waals surface area contributed by atoms with Gasteiger partial charge in [-0.05, 0) is 36.7 Å². The normalized spacial score (nSPS) is 13.6. The van der Waals surface area contributed by atoms with Crippen LogP contribution in [0.1, 0.15) is 26.3 Å². The molecule has 2 amide bonds. The van der Waals surface area contributed by atoms with E-state index in [1.807, 2.05) is 18.2 Å². The van der Waals surface area contributed by atoms with Gasteiger partial charge in [0, 0.05) is 13.1 Å². The highest BCUT2D eigenvalue weighted by atomic mass is 32.1. The van der Waals surface area contributed by atoms with E-state index >= 15 is 0 Å². The molecule has 0 bridgehead atoms. The van der Waals surface area contributed by atoms with Gasteiger partial charge in [0.1, 0.15) is 0 Å². The molecule has 0 fully saturated rings. The lowest BCUT2D eigenvalue weighted by atomic mass is 10.1. The molecular formula is C19H17N3O3S. The largest absolute Gasteiger partial charge is 0.315 e. The number of rotatable bonds is 6. The molecule has 2 heterocycles. The van der Waals surface area contributed by atoms with Crippen molar-refractivity contribution in [2.45, 2.75) is 6.42 Å². The number of amides is 2. The van der Waals surface area contributed by atoms with E-state index in [1.165, 1.54) is 16.2 Å². The number of carbonyl (C=O) groups is 2. The molecule has 0 aliphatic carbocycles. The van der Waals surface area contributed by atoms with Crippen molar-refractivity contribution in [2.24, 2.45) is 0 Å². The van der Waals surface area contributed by atoms with Crippen LogP contribution in [0.25, 0.3) is 10.2 Å². The summed E-state index contributed by atoms with van der Waals surface area (Å²) in [6, 6.07) is 12.7. The Bertz CT molecular complexity index is 1020. The molecule has 1 aliphatic rings. The van der Waals surface area contributed by atoms with Crippen molar-refractivity contribution in [3.8, 4) is 0 Å². The molecule has 0 atom stereocenters. The Balaban J connectivity index is 1.32. The molecule has 132 valence electrons. The average Bonchev–Trinajstić information content (AvgIpc) is 3.14. The third-order valence-electron chi connectivity index (χ3n) is 4.49. The van der Waals surface area contributed by atoms with Crippen LogP contribution in [0.4, 0.5) is 0 Å². The van der Waals surface area contributed by atoms with Crippen molar-refractivity contribution >= 4 is 33.4 Å². The highest BCUT2D eigenvalue weighted by molar-refractivity contribution is 7.16. The van der Waals surface area contributed by atoms with Crippen LogP contribution in [-0.4, -0.2) is 41.3 Å². The topological polar surface area (TPSA) is 82.3 Å². The molecule has 0 spiro atoms. The Morgan fingerprint density at radius 2 is 1.65 bits per heavy atom. The van der Waals surface area contributed by atoms with Crippen LogP contribution in [-0.2, 0) is 6.42 Å². The van der Waals surface area contributed by atoms with Crippen molar-refractivity contribution in [3.63, 3.8) is 0 Å². The first-order valence-corrected chi connectivity index (χ1v) is 9.23. The van der Waals surface area contributed by atoms with E-state index in [0.717, 1.165) is 22.2 Å². The third kappa shape index (κ3) is 2.95. The smallest absolute Gasteiger partial charge is 0.305 e. The van der Waals surface area contributed by atoms with Crippen LogP contribution in [0, 0.1) is 0 Å². The predicted molar refractivity (Wildman–Crippen MR) is 101 cm³/mol. The van der Waals surface area contributed by atoms with Gasteiger partial charge in [0.25, 0.3) is 11.8 Å². The number of hydrogen-bond donors (Lipinski definition) is 2. The lowest BCUT2D eigenvalue weighted by molar-refractivity contribution is 0.0655. The van der Waals surface area contributed by atoms with Crippen LogP contribution in [0.2, 0.25) is 0 Å². The monoisotopic (exact) mass is 367 g/mol. The summed E-state index contributed by atoms with van der Waals surface area (Å²) in [6.45, 7) is 1.58. The van der Waals surface area contributed by atoms with Crippen LogP contribution in [0.5, 0.6) is 0 Å². The molecule has 1 aromatic heterocycles. The minimum atomic E-state index is -0.228. The van der Waals surface area contributed by atoms with Gasteiger partial charge >= 0.3 is 4.87 Å². The van der Waals surface area contributed by atoms with Crippen molar-refractivity contribution in [1.29, 1.82) is 0 Å². The van der Waals surface area contributed by atoms with Gasteiger partial charge in [-0.15, -0.1) is 0 Å². The van der Waals surface area contributed by atoms with Gasteiger partial charge < -0.3 is 10.3 Å². The number of carbonyl (C=O) groups excluding carboxylic acids is 2. The number of aromatic nitrogens is 1. The van der Waals surface area contributed by atoms with E-state index in [2.05, 4.69) is 10.3 Å².